The maximum atomic E-state index is 10.5. The Balaban J connectivity index is 1.71. The first-order valence-electron chi connectivity index (χ1n) is 6.04. The zero-order valence-electron chi connectivity index (χ0n) is 10.1. The smallest absolute Gasteiger partial charge is 0.304 e. The minimum Gasteiger partial charge on any atom is -0.481 e. The van der Waals surface area contributed by atoms with Crippen LogP contribution in [0.2, 0.25) is 0 Å². The van der Waals surface area contributed by atoms with Crippen molar-refractivity contribution in [2.45, 2.75) is 13.0 Å². The Kier molecular flexibility index (Phi) is 4.79. The van der Waals surface area contributed by atoms with Crippen LogP contribution in [0.3, 0.4) is 0 Å². The summed E-state index contributed by atoms with van der Waals surface area (Å²) in [5, 5.41) is 8.64. The highest BCUT2D eigenvalue weighted by Gasteiger charge is 2.18. The average Bonchev–Trinajstić information content (AvgIpc) is 2.74. The van der Waals surface area contributed by atoms with Gasteiger partial charge in [-0.2, -0.15) is 0 Å². The van der Waals surface area contributed by atoms with Gasteiger partial charge in [-0.05, 0) is 28.1 Å². The highest BCUT2D eigenvalue weighted by molar-refractivity contribution is 9.10. The van der Waals surface area contributed by atoms with Gasteiger partial charge < -0.3 is 14.4 Å². The molecule has 0 aliphatic carbocycles. The molecule has 1 fully saturated rings. The summed E-state index contributed by atoms with van der Waals surface area (Å²) >= 11 is 3.29. The molecule has 0 bridgehead atoms. The predicted octanol–water partition coefficient (Wildman–Crippen LogP) is 1.63. The molecule has 5 nitrogen and oxygen atoms in total. The molecule has 1 aromatic rings. The predicted molar refractivity (Wildman–Crippen MR) is 70.4 cm³/mol. The molecule has 0 radical (unpaired) electrons. The standard InChI is InChI=1S/C12H17BrN2O3/c13-11-2-1-10(18-11)9-15-7-5-14(6-8-15)4-3-12(16)17/h1-2H,3-9H2,(H,16,17). The molecule has 0 spiro atoms. The summed E-state index contributed by atoms with van der Waals surface area (Å²) < 4.78 is 6.24. The Morgan fingerprint density at radius 2 is 1.94 bits per heavy atom. The fourth-order valence-electron chi connectivity index (χ4n) is 2.08. The van der Waals surface area contributed by atoms with Crippen LogP contribution >= 0.6 is 15.9 Å². The van der Waals surface area contributed by atoms with Crippen LogP contribution in [0.25, 0.3) is 0 Å². The molecule has 1 saturated heterocycles. The lowest BCUT2D eigenvalue weighted by atomic mass is 10.2. The van der Waals surface area contributed by atoms with Gasteiger partial charge in [-0.25, -0.2) is 0 Å². The zero-order valence-corrected chi connectivity index (χ0v) is 11.7. The van der Waals surface area contributed by atoms with Crippen molar-refractivity contribution in [1.29, 1.82) is 0 Å². The Hall–Kier alpha value is -0.850. The van der Waals surface area contributed by atoms with Crippen LogP contribution in [0.1, 0.15) is 12.2 Å². The van der Waals surface area contributed by atoms with Crippen molar-refractivity contribution in [3.05, 3.63) is 22.6 Å². The molecule has 6 heteroatoms. The van der Waals surface area contributed by atoms with Gasteiger partial charge in [0.25, 0.3) is 0 Å². The lowest BCUT2D eigenvalue weighted by molar-refractivity contribution is -0.137. The summed E-state index contributed by atoms with van der Waals surface area (Å²) in [7, 11) is 0. The Morgan fingerprint density at radius 3 is 2.50 bits per heavy atom. The number of hydrogen-bond donors (Lipinski definition) is 1. The van der Waals surface area contributed by atoms with Crippen LogP contribution in [-0.4, -0.2) is 53.6 Å². The molecular formula is C12H17BrN2O3. The summed E-state index contributed by atoms with van der Waals surface area (Å²) in [6.45, 7) is 5.23. The van der Waals surface area contributed by atoms with E-state index in [1.165, 1.54) is 0 Å². The first kappa shape index (κ1) is 13.6. The van der Waals surface area contributed by atoms with E-state index < -0.39 is 5.97 Å². The number of furan rings is 1. The number of halogens is 1. The number of piperazine rings is 1. The summed E-state index contributed by atoms with van der Waals surface area (Å²) in [6, 6.07) is 3.87. The van der Waals surface area contributed by atoms with Gasteiger partial charge in [-0.3, -0.25) is 9.69 Å². The molecule has 1 aliphatic heterocycles. The first-order valence-corrected chi connectivity index (χ1v) is 6.83. The fraction of sp³-hybridized carbons (Fsp3) is 0.583. The molecule has 100 valence electrons. The molecule has 18 heavy (non-hydrogen) atoms. The van der Waals surface area contributed by atoms with Crippen LogP contribution in [-0.2, 0) is 11.3 Å². The SMILES string of the molecule is O=C(O)CCN1CCN(Cc2ccc(Br)o2)CC1. The number of rotatable bonds is 5. The summed E-state index contributed by atoms with van der Waals surface area (Å²) in [5.74, 6) is 0.235. The van der Waals surface area contributed by atoms with Gasteiger partial charge >= 0.3 is 5.97 Å². The maximum Gasteiger partial charge on any atom is 0.304 e. The topological polar surface area (TPSA) is 56.9 Å². The van der Waals surface area contributed by atoms with E-state index in [2.05, 4.69) is 25.7 Å². The van der Waals surface area contributed by atoms with E-state index in [9.17, 15) is 4.79 Å². The van der Waals surface area contributed by atoms with Crippen LogP contribution in [0.4, 0.5) is 0 Å². The van der Waals surface area contributed by atoms with E-state index in [-0.39, 0.29) is 6.42 Å². The molecule has 2 rings (SSSR count). The molecule has 0 saturated carbocycles. The Labute approximate surface area is 114 Å². The molecule has 1 aromatic heterocycles. The summed E-state index contributed by atoms with van der Waals surface area (Å²) in [6.07, 6.45) is 0.227. The minimum absolute atomic E-state index is 0.227. The van der Waals surface area contributed by atoms with Crippen LogP contribution < -0.4 is 0 Å². The number of nitrogens with zero attached hydrogens (tertiary/aromatic N) is 2. The van der Waals surface area contributed by atoms with E-state index in [0.29, 0.717) is 6.54 Å². The largest absolute Gasteiger partial charge is 0.481 e. The number of carboxylic acid groups (broad SMARTS) is 1. The molecule has 2 heterocycles. The lowest BCUT2D eigenvalue weighted by Crippen LogP contribution is -2.46. The quantitative estimate of drug-likeness (QED) is 0.895. The number of carboxylic acids is 1. The minimum atomic E-state index is -0.724. The van der Waals surface area contributed by atoms with Crippen molar-refractivity contribution in [2.24, 2.45) is 0 Å². The van der Waals surface area contributed by atoms with E-state index in [1.807, 2.05) is 12.1 Å². The molecule has 0 unspecified atom stereocenters. The van der Waals surface area contributed by atoms with E-state index in [0.717, 1.165) is 43.2 Å². The third kappa shape index (κ3) is 4.12. The molecule has 1 aliphatic rings. The number of aliphatic carboxylic acids is 1. The summed E-state index contributed by atoms with van der Waals surface area (Å²) in [5.41, 5.74) is 0. The monoisotopic (exact) mass is 316 g/mol. The van der Waals surface area contributed by atoms with Gasteiger partial charge in [0.05, 0.1) is 13.0 Å². The van der Waals surface area contributed by atoms with Crippen molar-refractivity contribution in [2.75, 3.05) is 32.7 Å². The van der Waals surface area contributed by atoms with Gasteiger partial charge in [-0.1, -0.05) is 0 Å². The van der Waals surface area contributed by atoms with Crippen molar-refractivity contribution in [3.63, 3.8) is 0 Å². The van der Waals surface area contributed by atoms with E-state index in [1.54, 1.807) is 0 Å². The second kappa shape index (κ2) is 6.36. The third-order valence-electron chi connectivity index (χ3n) is 3.12. The second-order valence-corrected chi connectivity index (χ2v) is 5.25. The highest BCUT2D eigenvalue weighted by Crippen LogP contribution is 2.16. The normalized spacial score (nSPS) is 18.1. The number of carbonyl (C=O) groups is 1. The Morgan fingerprint density at radius 1 is 1.28 bits per heavy atom. The first-order chi connectivity index (χ1) is 8.63. The van der Waals surface area contributed by atoms with Gasteiger partial charge in [0.2, 0.25) is 0 Å². The van der Waals surface area contributed by atoms with Gasteiger partial charge in [0, 0.05) is 32.7 Å². The van der Waals surface area contributed by atoms with Crippen molar-refractivity contribution >= 4 is 21.9 Å². The summed E-state index contributed by atoms with van der Waals surface area (Å²) in [4.78, 5) is 15.0. The van der Waals surface area contributed by atoms with Crippen molar-refractivity contribution < 1.29 is 14.3 Å². The van der Waals surface area contributed by atoms with Gasteiger partial charge in [-0.15, -0.1) is 0 Å². The Bertz CT molecular complexity index is 400. The fourth-order valence-corrected chi connectivity index (χ4v) is 2.42. The van der Waals surface area contributed by atoms with Crippen molar-refractivity contribution in [3.8, 4) is 0 Å². The molecule has 0 aromatic carbocycles. The zero-order chi connectivity index (χ0) is 13.0. The molecular weight excluding hydrogens is 300 g/mol. The van der Waals surface area contributed by atoms with Crippen molar-refractivity contribution in [1.82, 2.24) is 9.80 Å². The van der Waals surface area contributed by atoms with Gasteiger partial charge in [0.1, 0.15) is 5.76 Å². The lowest BCUT2D eigenvalue weighted by Gasteiger charge is -2.33. The molecule has 0 atom stereocenters. The van der Waals surface area contributed by atoms with E-state index in [4.69, 9.17) is 9.52 Å². The third-order valence-corrected chi connectivity index (χ3v) is 3.54. The molecule has 1 N–H and O–H groups in total. The number of hydrogen-bond acceptors (Lipinski definition) is 4. The van der Waals surface area contributed by atoms with Crippen LogP contribution in [0.5, 0.6) is 0 Å². The molecule has 0 amide bonds. The maximum absolute atomic E-state index is 10.5. The second-order valence-electron chi connectivity index (χ2n) is 4.47. The van der Waals surface area contributed by atoms with E-state index >= 15 is 0 Å². The van der Waals surface area contributed by atoms with Crippen LogP contribution in [0, 0.1) is 0 Å². The van der Waals surface area contributed by atoms with Crippen LogP contribution in [0.15, 0.2) is 21.2 Å². The highest BCUT2D eigenvalue weighted by atomic mass is 79.9. The average molecular weight is 317 g/mol. The van der Waals surface area contributed by atoms with Gasteiger partial charge in [0.15, 0.2) is 4.67 Å².